The van der Waals surface area contributed by atoms with Crippen molar-refractivity contribution < 1.29 is 19.4 Å². The van der Waals surface area contributed by atoms with Gasteiger partial charge in [-0.05, 0) is 101 Å². The highest BCUT2D eigenvalue weighted by molar-refractivity contribution is 5.88. The van der Waals surface area contributed by atoms with Gasteiger partial charge in [0.25, 0.3) is 0 Å². The van der Waals surface area contributed by atoms with Crippen molar-refractivity contribution in [2.45, 2.75) is 85.2 Å². The van der Waals surface area contributed by atoms with Gasteiger partial charge >= 0.3 is 11.9 Å². The van der Waals surface area contributed by atoms with Gasteiger partial charge in [-0.3, -0.25) is 4.79 Å². The van der Waals surface area contributed by atoms with Crippen LogP contribution in [0.1, 0.15) is 79.1 Å². The monoisotopic (exact) mass is 400 g/mol. The molecule has 0 heterocycles. The average molecular weight is 401 g/mol. The summed E-state index contributed by atoms with van der Waals surface area (Å²) in [4.78, 5) is 25.1. The second-order valence-electron chi connectivity index (χ2n) is 10.8. The van der Waals surface area contributed by atoms with E-state index in [1.807, 2.05) is 6.92 Å². The highest BCUT2D eigenvalue weighted by atomic mass is 16.5. The van der Waals surface area contributed by atoms with E-state index in [0.29, 0.717) is 29.2 Å². The van der Waals surface area contributed by atoms with E-state index in [4.69, 9.17) is 4.74 Å². The molecule has 1 N–H and O–H groups in total. The number of allylic oxidation sites excluding steroid dienone is 2. The smallest absolute Gasteiger partial charge is 0.333 e. The molecule has 0 aromatic carbocycles. The summed E-state index contributed by atoms with van der Waals surface area (Å²) in [6.07, 6.45) is 9.51. The van der Waals surface area contributed by atoms with Crippen molar-refractivity contribution in [2.75, 3.05) is 0 Å². The Hall–Kier alpha value is -1.58. The molecular weight excluding hydrogens is 364 g/mol. The Morgan fingerprint density at radius 1 is 1.14 bits per heavy atom. The fourth-order valence-corrected chi connectivity index (χ4v) is 8.06. The van der Waals surface area contributed by atoms with Crippen LogP contribution in [0.2, 0.25) is 0 Å². The maximum absolute atomic E-state index is 12.7. The van der Waals surface area contributed by atoms with Crippen LogP contribution in [0.15, 0.2) is 23.8 Å². The van der Waals surface area contributed by atoms with Gasteiger partial charge in [0.15, 0.2) is 0 Å². The van der Waals surface area contributed by atoms with Crippen LogP contribution in [0.5, 0.6) is 0 Å². The number of esters is 1. The van der Waals surface area contributed by atoms with Crippen LogP contribution in [0.4, 0.5) is 0 Å². The van der Waals surface area contributed by atoms with Gasteiger partial charge in [-0.15, -0.1) is 0 Å². The minimum absolute atomic E-state index is 0.0144. The van der Waals surface area contributed by atoms with Crippen molar-refractivity contribution in [1.82, 2.24) is 0 Å². The zero-order valence-corrected chi connectivity index (χ0v) is 18.4. The number of aliphatic carboxylic acids is 1. The zero-order valence-electron chi connectivity index (χ0n) is 18.4. The van der Waals surface area contributed by atoms with Crippen molar-refractivity contribution >= 4 is 11.9 Å². The predicted octanol–water partition coefficient (Wildman–Crippen LogP) is 5.53. The largest absolute Gasteiger partial charge is 0.481 e. The number of ether oxygens (including phenoxy) is 1. The molecule has 0 aliphatic heterocycles. The van der Waals surface area contributed by atoms with E-state index in [9.17, 15) is 14.7 Å². The highest BCUT2D eigenvalue weighted by Gasteiger charge is 2.67. The Balaban J connectivity index is 1.68. The van der Waals surface area contributed by atoms with E-state index in [1.165, 1.54) is 24.8 Å². The van der Waals surface area contributed by atoms with Crippen LogP contribution < -0.4 is 0 Å². The number of hydrogen-bond acceptors (Lipinski definition) is 3. The Bertz CT molecular complexity index is 782. The number of carboxylic acids is 1. The highest BCUT2D eigenvalue weighted by Crippen LogP contribution is 2.72. The minimum Gasteiger partial charge on any atom is -0.481 e. The molecular formula is C25H36O4. The molecule has 2 bridgehead atoms. The quantitative estimate of drug-likeness (QED) is 0.384. The van der Waals surface area contributed by atoms with Gasteiger partial charge in [0, 0.05) is 5.57 Å². The molecule has 4 rings (SSSR count). The fraction of sp³-hybridized carbons (Fsp3) is 0.760. The van der Waals surface area contributed by atoms with Crippen LogP contribution >= 0.6 is 0 Å². The zero-order chi connectivity index (χ0) is 21.2. The van der Waals surface area contributed by atoms with Crippen molar-refractivity contribution in [3.8, 4) is 0 Å². The Kier molecular flexibility index (Phi) is 4.79. The fourth-order valence-electron chi connectivity index (χ4n) is 8.06. The predicted molar refractivity (Wildman–Crippen MR) is 112 cm³/mol. The second kappa shape index (κ2) is 6.72. The standard InChI is InChI=1S/C25H36O4/c1-6-15(2)21(26)29-20-10-11-23(4)18(24(20,5)22(27)28)9-12-25-13-16(3)17(14-25)7-8-19(23)25/h6,17-20H,3,7-14H2,1-2,4-5H3,(H,27,28)/b15-6-/t17?,18-,19-,20+,23+,24-,25+/m0/s1. The molecule has 4 nitrogen and oxygen atoms in total. The molecule has 29 heavy (non-hydrogen) atoms. The molecule has 1 spiro atoms. The molecule has 4 aliphatic carbocycles. The summed E-state index contributed by atoms with van der Waals surface area (Å²) >= 11 is 0. The van der Waals surface area contributed by atoms with Crippen molar-refractivity contribution in [3.05, 3.63) is 23.8 Å². The Labute approximate surface area is 174 Å². The lowest BCUT2D eigenvalue weighted by molar-refractivity contribution is -0.211. The second-order valence-corrected chi connectivity index (χ2v) is 10.8. The summed E-state index contributed by atoms with van der Waals surface area (Å²) in [5.41, 5.74) is 1.25. The maximum atomic E-state index is 12.7. The minimum atomic E-state index is -1.04. The van der Waals surface area contributed by atoms with Gasteiger partial charge in [0.1, 0.15) is 11.5 Å². The van der Waals surface area contributed by atoms with Gasteiger partial charge < -0.3 is 9.84 Å². The molecule has 0 amide bonds. The number of hydrogen-bond donors (Lipinski definition) is 1. The third-order valence-electron chi connectivity index (χ3n) is 9.68. The lowest BCUT2D eigenvalue weighted by atomic mass is 9.40. The topological polar surface area (TPSA) is 63.6 Å². The Morgan fingerprint density at radius 3 is 2.52 bits per heavy atom. The van der Waals surface area contributed by atoms with E-state index >= 15 is 0 Å². The molecule has 0 radical (unpaired) electrons. The summed E-state index contributed by atoms with van der Waals surface area (Å²) in [5.74, 6) is 0.0690. The molecule has 4 fully saturated rings. The van der Waals surface area contributed by atoms with Gasteiger partial charge in [0.2, 0.25) is 0 Å². The molecule has 0 aromatic rings. The summed E-state index contributed by atoms with van der Waals surface area (Å²) in [7, 11) is 0. The first-order valence-corrected chi connectivity index (χ1v) is 11.3. The third-order valence-corrected chi connectivity index (χ3v) is 9.68. The van der Waals surface area contributed by atoms with Gasteiger partial charge in [-0.1, -0.05) is 25.2 Å². The summed E-state index contributed by atoms with van der Waals surface area (Å²) in [5, 5.41) is 10.4. The molecule has 0 saturated heterocycles. The molecule has 160 valence electrons. The number of carbonyl (C=O) groups excluding carboxylic acids is 1. The van der Waals surface area contributed by atoms with Crippen LogP contribution in [0.3, 0.4) is 0 Å². The molecule has 4 aliphatic rings. The van der Waals surface area contributed by atoms with Gasteiger partial charge in [-0.25, -0.2) is 4.79 Å². The SMILES string of the molecule is C=C1C[C@@]23CC[C@H]4[C@@](C)(CC[C@@H](OC(=O)/C(C)=C\C)[C@@]4(C)C(=O)O)[C@@H]2CCC1C3. The number of rotatable bonds is 3. The normalized spacial score (nSPS) is 46.6. The molecule has 0 aromatic heterocycles. The molecule has 4 saturated carbocycles. The van der Waals surface area contributed by atoms with E-state index in [1.54, 1.807) is 19.9 Å². The maximum Gasteiger partial charge on any atom is 0.333 e. The van der Waals surface area contributed by atoms with Crippen molar-refractivity contribution in [2.24, 2.45) is 34.0 Å². The van der Waals surface area contributed by atoms with Crippen LogP contribution in [0.25, 0.3) is 0 Å². The lowest BCUT2D eigenvalue weighted by Gasteiger charge is -2.64. The third kappa shape index (κ3) is 2.77. The molecule has 7 atom stereocenters. The van der Waals surface area contributed by atoms with E-state index < -0.39 is 17.5 Å². The number of carboxylic acid groups (broad SMARTS) is 1. The van der Waals surface area contributed by atoms with E-state index in [-0.39, 0.29) is 17.3 Å². The van der Waals surface area contributed by atoms with Crippen molar-refractivity contribution in [3.63, 3.8) is 0 Å². The van der Waals surface area contributed by atoms with Gasteiger partial charge in [0.05, 0.1) is 0 Å². The van der Waals surface area contributed by atoms with Crippen LogP contribution in [-0.2, 0) is 14.3 Å². The van der Waals surface area contributed by atoms with Crippen LogP contribution in [0, 0.1) is 34.0 Å². The van der Waals surface area contributed by atoms with Crippen LogP contribution in [-0.4, -0.2) is 23.1 Å². The summed E-state index contributed by atoms with van der Waals surface area (Å²) < 4.78 is 5.83. The number of fused-ring (bicyclic) bond motifs is 3. The first-order valence-electron chi connectivity index (χ1n) is 11.3. The first kappa shape index (κ1) is 20.7. The summed E-state index contributed by atoms with van der Waals surface area (Å²) in [6, 6.07) is 0. The first-order chi connectivity index (χ1) is 13.6. The van der Waals surface area contributed by atoms with Gasteiger partial charge in [-0.2, -0.15) is 0 Å². The van der Waals surface area contributed by atoms with Crippen molar-refractivity contribution in [1.29, 1.82) is 0 Å². The van der Waals surface area contributed by atoms with E-state index in [0.717, 1.165) is 25.7 Å². The summed E-state index contributed by atoms with van der Waals surface area (Å²) in [6.45, 7) is 12.1. The number of carbonyl (C=O) groups is 2. The lowest BCUT2D eigenvalue weighted by Crippen LogP contribution is -2.63. The molecule has 4 heteroatoms. The van der Waals surface area contributed by atoms with E-state index in [2.05, 4.69) is 13.5 Å². The Morgan fingerprint density at radius 2 is 1.86 bits per heavy atom. The molecule has 1 unspecified atom stereocenters. The average Bonchev–Trinajstić information content (AvgIpc) is 2.91.